The Hall–Kier alpha value is -3.46. The molecule has 37 heavy (non-hydrogen) atoms. The standard InChI is InChI=1S/C27H23Cl2N5O2S/c1-16-23(25(35)31-19-9-11-20(36-2)12-10-19)24(21-13-8-18(28)14-22(21)29)34-26(30-16)32-27(33-34)37-15-17-6-4-3-5-7-17/h3-14,24H,15H2,1-2H3,(H,31,35)(H,30,32,33). The van der Waals surface area contributed by atoms with Gasteiger partial charge in [-0.05, 0) is 48.9 Å². The summed E-state index contributed by atoms with van der Waals surface area (Å²) < 4.78 is 6.92. The van der Waals surface area contributed by atoms with E-state index in [1.54, 1.807) is 48.2 Å². The van der Waals surface area contributed by atoms with Crippen LogP contribution in [-0.2, 0) is 10.5 Å². The first kappa shape index (κ1) is 25.2. The predicted octanol–water partition coefficient (Wildman–Crippen LogP) is 6.81. The maximum atomic E-state index is 13.6. The molecule has 0 radical (unpaired) electrons. The van der Waals surface area contributed by atoms with Gasteiger partial charge in [0.05, 0.1) is 12.7 Å². The number of nitrogens with zero attached hydrogens (tertiary/aromatic N) is 3. The van der Waals surface area contributed by atoms with Crippen LogP contribution in [0.4, 0.5) is 11.6 Å². The summed E-state index contributed by atoms with van der Waals surface area (Å²) in [5.74, 6) is 1.66. The number of carbonyl (C=O) groups excluding carboxylic acids is 1. The van der Waals surface area contributed by atoms with Crippen molar-refractivity contribution in [3.63, 3.8) is 0 Å². The molecular formula is C27H23Cl2N5O2S. The minimum atomic E-state index is -0.613. The first-order valence-electron chi connectivity index (χ1n) is 11.4. The molecule has 0 saturated carbocycles. The number of hydrogen-bond acceptors (Lipinski definition) is 6. The van der Waals surface area contributed by atoms with E-state index in [9.17, 15) is 4.79 Å². The second-order valence-corrected chi connectivity index (χ2v) is 10.1. The Bertz CT molecular complexity index is 1470. The Balaban J connectivity index is 1.50. The highest BCUT2D eigenvalue weighted by Gasteiger charge is 2.35. The Kier molecular flexibility index (Phi) is 7.41. The molecule has 0 saturated heterocycles. The lowest BCUT2D eigenvalue weighted by molar-refractivity contribution is -0.113. The number of allylic oxidation sites excluding steroid dienone is 1. The number of nitrogens with one attached hydrogen (secondary N) is 2. The number of ether oxygens (including phenoxy) is 1. The van der Waals surface area contributed by atoms with Crippen LogP contribution in [0.1, 0.15) is 24.1 Å². The van der Waals surface area contributed by atoms with Crippen molar-refractivity contribution in [1.29, 1.82) is 0 Å². The molecular weight excluding hydrogens is 529 g/mol. The average molecular weight is 552 g/mol. The summed E-state index contributed by atoms with van der Waals surface area (Å²) >= 11 is 14.4. The molecule has 1 aliphatic heterocycles. The number of amides is 1. The number of anilines is 2. The molecule has 0 fully saturated rings. The maximum Gasteiger partial charge on any atom is 0.255 e. The van der Waals surface area contributed by atoms with Crippen molar-refractivity contribution in [2.24, 2.45) is 0 Å². The molecule has 0 aliphatic carbocycles. The van der Waals surface area contributed by atoms with Gasteiger partial charge < -0.3 is 15.4 Å². The zero-order valence-corrected chi connectivity index (χ0v) is 22.4. The van der Waals surface area contributed by atoms with Crippen molar-refractivity contribution >= 4 is 52.5 Å². The van der Waals surface area contributed by atoms with Crippen LogP contribution < -0.4 is 15.4 Å². The fourth-order valence-corrected chi connectivity index (χ4v) is 5.39. The van der Waals surface area contributed by atoms with Crippen LogP contribution in [0.3, 0.4) is 0 Å². The number of hydrogen-bond donors (Lipinski definition) is 2. The number of carbonyl (C=O) groups is 1. The van der Waals surface area contributed by atoms with Crippen LogP contribution in [-0.4, -0.2) is 27.8 Å². The Morgan fingerprint density at radius 2 is 1.86 bits per heavy atom. The van der Waals surface area contributed by atoms with Gasteiger partial charge in [0.2, 0.25) is 11.1 Å². The lowest BCUT2D eigenvalue weighted by Gasteiger charge is -2.29. The first-order valence-corrected chi connectivity index (χ1v) is 13.2. The SMILES string of the molecule is COc1ccc(NC(=O)C2=C(C)Nc3nc(SCc4ccccc4)nn3C2c2ccc(Cl)cc2Cl)cc1. The van der Waals surface area contributed by atoms with E-state index in [1.165, 1.54) is 17.3 Å². The van der Waals surface area contributed by atoms with Gasteiger partial charge in [-0.25, -0.2) is 4.68 Å². The predicted molar refractivity (Wildman–Crippen MR) is 149 cm³/mol. The average Bonchev–Trinajstić information content (AvgIpc) is 3.30. The third kappa shape index (κ3) is 5.46. The van der Waals surface area contributed by atoms with Gasteiger partial charge in [0.1, 0.15) is 11.8 Å². The molecule has 4 aromatic rings. The van der Waals surface area contributed by atoms with Crippen molar-refractivity contribution in [2.75, 3.05) is 17.7 Å². The molecule has 1 unspecified atom stereocenters. The number of fused-ring (bicyclic) bond motifs is 1. The van der Waals surface area contributed by atoms with E-state index < -0.39 is 6.04 Å². The zero-order chi connectivity index (χ0) is 25.9. The van der Waals surface area contributed by atoms with Crippen molar-refractivity contribution in [1.82, 2.24) is 14.8 Å². The van der Waals surface area contributed by atoms with E-state index in [4.69, 9.17) is 38.0 Å². The van der Waals surface area contributed by atoms with Crippen LogP contribution >= 0.6 is 35.0 Å². The molecule has 2 N–H and O–H groups in total. The van der Waals surface area contributed by atoms with E-state index in [0.717, 1.165) is 0 Å². The highest BCUT2D eigenvalue weighted by Crippen LogP contribution is 2.40. The van der Waals surface area contributed by atoms with Gasteiger partial charge in [0.15, 0.2) is 0 Å². The lowest BCUT2D eigenvalue weighted by atomic mass is 9.95. The van der Waals surface area contributed by atoms with Crippen molar-refractivity contribution in [2.45, 2.75) is 23.9 Å². The molecule has 5 rings (SSSR count). The number of rotatable bonds is 7. The van der Waals surface area contributed by atoms with Gasteiger partial charge >= 0.3 is 0 Å². The minimum Gasteiger partial charge on any atom is -0.497 e. The number of benzene rings is 3. The highest BCUT2D eigenvalue weighted by atomic mass is 35.5. The van der Waals surface area contributed by atoms with E-state index in [1.807, 2.05) is 31.2 Å². The largest absolute Gasteiger partial charge is 0.497 e. The van der Waals surface area contributed by atoms with E-state index in [-0.39, 0.29) is 5.91 Å². The molecule has 1 aliphatic rings. The number of aromatic nitrogens is 3. The molecule has 2 heterocycles. The van der Waals surface area contributed by atoms with E-state index in [0.29, 0.717) is 55.2 Å². The van der Waals surface area contributed by atoms with Gasteiger partial charge in [0.25, 0.3) is 5.91 Å². The van der Waals surface area contributed by atoms with E-state index in [2.05, 4.69) is 22.8 Å². The van der Waals surface area contributed by atoms with Gasteiger partial charge in [-0.3, -0.25) is 4.79 Å². The summed E-state index contributed by atoms with van der Waals surface area (Å²) in [6.45, 7) is 1.84. The van der Waals surface area contributed by atoms with Gasteiger partial charge in [0, 0.05) is 32.7 Å². The van der Waals surface area contributed by atoms with Crippen LogP contribution in [0.5, 0.6) is 5.75 Å². The molecule has 1 atom stereocenters. The van der Waals surface area contributed by atoms with Crippen molar-refractivity contribution in [3.8, 4) is 5.75 Å². The zero-order valence-electron chi connectivity index (χ0n) is 20.0. The highest BCUT2D eigenvalue weighted by molar-refractivity contribution is 7.98. The number of thioether (sulfide) groups is 1. The second-order valence-electron chi connectivity index (χ2n) is 8.35. The first-order chi connectivity index (χ1) is 17.9. The van der Waals surface area contributed by atoms with E-state index >= 15 is 0 Å². The third-order valence-corrected chi connectivity index (χ3v) is 7.36. The minimum absolute atomic E-state index is 0.286. The fourth-order valence-electron chi connectivity index (χ4n) is 4.09. The summed E-state index contributed by atoms with van der Waals surface area (Å²) in [6, 6.07) is 21.9. The van der Waals surface area contributed by atoms with Crippen LogP contribution in [0.25, 0.3) is 0 Å². The van der Waals surface area contributed by atoms with Crippen LogP contribution in [0.2, 0.25) is 10.0 Å². The Morgan fingerprint density at radius 1 is 1.11 bits per heavy atom. The summed E-state index contributed by atoms with van der Waals surface area (Å²) in [4.78, 5) is 18.3. The Morgan fingerprint density at radius 3 is 2.57 bits per heavy atom. The van der Waals surface area contributed by atoms with Crippen LogP contribution in [0, 0.1) is 0 Å². The molecule has 0 spiro atoms. The third-order valence-electron chi connectivity index (χ3n) is 5.89. The number of methoxy groups -OCH3 is 1. The van der Waals surface area contributed by atoms with Crippen molar-refractivity contribution < 1.29 is 9.53 Å². The smallest absolute Gasteiger partial charge is 0.255 e. The summed E-state index contributed by atoms with van der Waals surface area (Å²) in [6.07, 6.45) is 0. The molecule has 7 nitrogen and oxygen atoms in total. The van der Waals surface area contributed by atoms with Gasteiger partial charge in [-0.1, -0.05) is 71.4 Å². The molecule has 10 heteroatoms. The molecule has 1 aromatic heterocycles. The quantitative estimate of drug-likeness (QED) is 0.245. The summed E-state index contributed by atoms with van der Waals surface area (Å²) in [5.41, 5.74) is 3.62. The second kappa shape index (κ2) is 10.9. The normalized spacial score (nSPS) is 14.6. The monoisotopic (exact) mass is 551 g/mol. The molecule has 188 valence electrons. The van der Waals surface area contributed by atoms with Gasteiger partial charge in [-0.2, -0.15) is 4.98 Å². The van der Waals surface area contributed by atoms with Crippen molar-refractivity contribution in [3.05, 3.63) is 105 Å². The Labute approximate surface area is 228 Å². The summed E-state index contributed by atoms with van der Waals surface area (Å²) in [7, 11) is 1.60. The van der Waals surface area contributed by atoms with Gasteiger partial charge in [-0.15, -0.1) is 5.10 Å². The summed E-state index contributed by atoms with van der Waals surface area (Å²) in [5, 5.41) is 12.5. The maximum absolute atomic E-state index is 13.6. The molecule has 1 amide bonds. The van der Waals surface area contributed by atoms with Crippen LogP contribution in [0.15, 0.2) is 89.2 Å². The molecule has 0 bridgehead atoms. The fraction of sp³-hybridized carbons (Fsp3) is 0.148. The lowest BCUT2D eigenvalue weighted by Crippen LogP contribution is -2.31. The molecule has 3 aromatic carbocycles. The number of halogens is 2. The topological polar surface area (TPSA) is 81.1 Å².